The molecule has 18 heavy (non-hydrogen) atoms. The van der Waals surface area contributed by atoms with Crippen LogP contribution in [0.15, 0.2) is 36.8 Å². The van der Waals surface area contributed by atoms with Crippen molar-refractivity contribution >= 4 is 0 Å². The molecule has 4 nitrogen and oxygen atoms in total. The Morgan fingerprint density at radius 3 is 2.61 bits per heavy atom. The largest absolute Gasteiger partial charge is 0.319 e. The predicted molar refractivity (Wildman–Crippen MR) is 72.2 cm³/mol. The standard InChI is InChI=1S/C14H18N4/c1-3-11(10-15-2)14-17-9-6-13(18-14)12-4-7-16-8-5-12/h4-9,11,15H,3,10H2,1-2H3. The Balaban J connectivity index is 2.30. The van der Waals surface area contributed by atoms with Gasteiger partial charge in [0.15, 0.2) is 0 Å². The van der Waals surface area contributed by atoms with Crippen molar-refractivity contribution in [3.05, 3.63) is 42.6 Å². The normalized spacial score (nSPS) is 12.3. The van der Waals surface area contributed by atoms with E-state index in [1.54, 1.807) is 12.4 Å². The lowest BCUT2D eigenvalue weighted by molar-refractivity contribution is 0.580. The number of aromatic nitrogens is 3. The van der Waals surface area contributed by atoms with Crippen LogP contribution in [0, 0.1) is 0 Å². The van der Waals surface area contributed by atoms with Crippen molar-refractivity contribution in [1.82, 2.24) is 20.3 Å². The van der Waals surface area contributed by atoms with Gasteiger partial charge in [0.1, 0.15) is 5.82 Å². The number of rotatable bonds is 5. The van der Waals surface area contributed by atoms with E-state index in [1.807, 2.05) is 31.4 Å². The van der Waals surface area contributed by atoms with Gasteiger partial charge < -0.3 is 5.32 Å². The second-order valence-corrected chi connectivity index (χ2v) is 4.20. The van der Waals surface area contributed by atoms with Crippen LogP contribution < -0.4 is 5.32 Å². The van der Waals surface area contributed by atoms with E-state index in [0.29, 0.717) is 5.92 Å². The number of nitrogens with one attached hydrogen (secondary N) is 1. The Hall–Kier alpha value is -1.81. The van der Waals surface area contributed by atoms with Crippen molar-refractivity contribution in [2.45, 2.75) is 19.3 Å². The van der Waals surface area contributed by atoms with Crippen molar-refractivity contribution in [3.63, 3.8) is 0 Å². The van der Waals surface area contributed by atoms with Crippen LogP contribution in [0.1, 0.15) is 25.1 Å². The smallest absolute Gasteiger partial charge is 0.133 e. The van der Waals surface area contributed by atoms with Gasteiger partial charge in [0.2, 0.25) is 0 Å². The zero-order valence-electron chi connectivity index (χ0n) is 10.8. The molecule has 0 amide bonds. The highest BCUT2D eigenvalue weighted by molar-refractivity contribution is 5.57. The predicted octanol–water partition coefficient (Wildman–Crippen LogP) is 2.25. The molecule has 94 valence electrons. The quantitative estimate of drug-likeness (QED) is 0.873. The van der Waals surface area contributed by atoms with Crippen LogP contribution in [0.2, 0.25) is 0 Å². The first kappa shape index (κ1) is 12.6. The molecule has 1 unspecified atom stereocenters. The fraction of sp³-hybridized carbons (Fsp3) is 0.357. The van der Waals surface area contributed by atoms with Gasteiger partial charge in [0, 0.05) is 36.6 Å². The van der Waals surface area contributed by atoms with E-state index in [1.165, 1.54) is 0 Å². The third-order valence-corrected chi connectivity index (χ3v) is 2.96. The molecule has 0 saturated heterocycles. The molecule has 0 aliphatic heterocycles. The molecule has 0 aliphatic rings. The van der Waals surface area contributed by atoms with Crippen molar-refractivity contribution in [2.75, 3.05) is 13.6 Å². The Kier molecular flexibility index (Phi) is 4.36. The van der Waals surface area contributed by atoms with Gasteiger partial charge in [-0.25, -0.2) is 9.97 Å². The van der Waals surface area contributed by atoms with Crippen LogP contribution in [0.3, 0.4) is 0 Å². The summed E-state index contributed by atoms with van der Waals surface area (Å²) in [5.74, 6) is 1.26. The fourth-order valence-corrected chi connectivity index (χ4v) is 1.92. The lowest BCUT2D eigenvalue weighted by Gasteiger charge is -2.13. The summed E-state index contributed by atoms with van der Waals surface area (Å²) in [4.78, 5) is 13.1. The van der Waals surface area contributed by atoms with Crippen LogP contribution in [-0.4, -0.2) is 28.5 Å². The summed E-state index contributed by atoms with van der Waals surface area (Å²) < 4.78 is 0. The van der Waals surface area contributed by atoms with Gasteiger partial charge in [0.05, 0.1) is 5.69 Å². The number of pyridine rings is 1. The molecule has 0 fully saturated rings. The lowest BCUT2D eigenvalue weighted by Crippen LogP contribution is -2.18. The first-order valence-electron chi connectivity index (χ1n) is 6.23. The van der Waals surface area contributed by atoms with Crippen molar-refractivity contribution < 1.29 is 0 Å². The van der Waals surface area contributed by atoms with Gasteiger partial charge in [-0.3, -0.25) is 4.98 Å². The molecule has 2 rings (SSSR count). The molecule has 4 heteroatoms. The van der Waals surface area contributed by atoms with Crippen LogP contribution in [-0.2, 0) is 0 Å². The first-order valence-corrected chi connectivity index (χ1v) is 6.23. The van der Waals surface area contributed by atoms with Gasteiger partial charge in [-0.1, -0.05) is 6.92 Å². The molecule has 1 atom stereocenters. The maximum Gasteiger partial charge on any atom is 0.133 e. The van der Waals surface area contributed by atoms with Gasteiger partial charge in [0.25, 0.3) is 0 Å². The number of nitrogens with zero attached hydrogens (tertiary/aromatic N) is 3. The summed E-state index contributed by atoms with van der Waals surface area (Å²) in [6, 6.07) is 5.86. The number of hydrogen-bond acceptors (Lipinski definition) is 4. The topological polar surface area (TPSA) is 50.7 Å². The maximum absolute atomic E-state index is 4.65. The van der Waals surface area contributed by atoms with Gasteiger partial charge >= 0.3 is 0 Å². The van der Waals surface area contributed by atoms with E-state index in [-0.39, 0.29) is 0 Å². The summed E-state index contributed by atoms with van der Waals surface area (Å²) in [6.45, 7) is 3.06. The van der Waals surface area contributed by atoms with Crippen LogP contribution >= 0.6 is 0 Å². The summed E-state index contributed by atoms with van der Waals surface area (Å²) in [5, 5.41) is 3.19. The monoisotopic (exact) mass is 242 g/mol. The number of likely N-dealkylation sites (N-methyl/N-ethyl adjacent to an activating group) is 1. The van der Waals surface area contributed by atoms with Gasteiger partial charge in [-0.15, -0.1) is 0 Å². The highest BCUT2D eigenvalue weighted by Gasteiger charge is 2.12. The molecule has 0 saturated carbocycles. The van der Waals surface area contributed by atoms with Crippen molar-refractivity contribution in [1.29, 1.82) is 0 Å². The Morgan fingerprint density at radius 2 is 1.94 bits per heavy atom. The van der Waals surface area contributed by atoms with E-state index < -0.39 is 0 Å². The summed E-state index contributed by atoms with van der Waals surface area (Å²) in [5.41, 5.74) is 2.03. The van der Waals surface area contributed by atoms with Gasteiger partial charge in [-0.05, 0) is 31.7 Å². The van der Waals surface area contributed by atoms with Crippen molar-refractivity contribution in [3.8, 4) is 11.3 Å². The molecule has 2 heterocycles. The third-order valence-electron chi connectivity index (χ3n) is 2.96. The lowest BCUT2D eigenvalue weighted by atomic mass is 10.1. The Morgan fingerprint density at radius 1 is 1.17 bits per heavy atom. The molecular weight excluding hydrogens is 224 g/mol. The SMILES string of the molecule is CCC(CNC)c1nccc(-c2ccncc2)n1. The molecule has 0 radical (unpaired) electrons. The average Bonchev–Trinajstić information content (AvgIpc) is 2.46. The second-order valence-electron chi connectivity index (χ2n) is 4.20. The highest BCUT2D eigenvalue weighted by Crippen LogP contribution is 2.19. The van der Waals surface area contributed by atoms with Crippen LogP contribution in [0.5, 0.6) is 0 Å². The first-order chi connectivity index (χ1) is 8.85. The van der Waals surface area contributed by atoms with Crippen molar-refractivity contribution in [2.24, 2.45) is 0 Å². The molecule has 0 aromatic carbocycles. The van der Waals surface area contributed by atoms with E-state index >= 15 is 0 Å². The second kappa shape index (κ2) is 6.21. The Bertz CT molecular complexity index is 484. The third kappa shape index (κ3) is 2.90. The zero-order valence-corrected chi connectivity index (χ0v) is 10.8. The Labute approximate surface area is 108 Å². The summed E-state index contributed by atoms with van der Waals surface area (Å²) >= 11 is 0. The van der Waals surface area contributed by atoms with E-state index in [9.17, 15) is 0 Å². The van der Waals surface area contributed by atoms with E-state index in [0.717, 1.165) is 30.0 Å². The minimum Gasteiger partial charge on any atom is -0.319 e. The van der Waals surface area contributed by atoms with Gasteiger partial charge in [-0.2, -0.15) is 0 Å². The summed E-state index contributed by atoms with van der Waals surface area (Å²) in [7, 11) is 1.95. The molecule has 0 bridgehead atoms. The maximum atomic E-state index is 4.65. The van der Waals surface area contributed by atoms with Crippen LogP contribution in [0.4, 0.5) is 0 Å². The highest BCUT2D eigenvalue weighted by atomic mass is 14.9. The average molecular weight is 242 g/mol. The van der Waals surface area contributed by atoms with E-state index in [4.69, 9.17) is 0 Å². The van der Waals surface area contributed by atoms with Crippen LogP contribution in [0.25, 0.3) is 11.3 Å². The molecule has 2 aromatic heterocycles. The molecule has 1 N–H and O–H groups in total. The molecule has 2 aromatic rings. The molecule has 0 spiro atoms. The van der Waals surface area contributed by atoms with E-state index in [2.05, 4.69) is 27.2 Å². The minimum atomic E-state index is 0.358. The zero-order chi connectivity index (χ0) is 12.8. The fourth-order valence-electron chi connectivity index (χ4n) is 1.92. The minimum absolute atomic E-state index is 0.358. The summed E-state index contributed by atoms with van der Waals surface area (Å²) in [6.07, 6.45) is 6.42. The molecular formula is C14H18N4. The number of hydrogen-bond donors (Lipinski definition) is 1. The molecule has 0 aliphatic carbocycles.